The summed E-state index contributed by atoms with van der Waals surface area (Å²) in [6.45, 7) is 0. The molecule has 0 saturated heterocycles. The molecule has 0 amide bonds. The molecule has 0 fully saturated rings. The lowest BCUT2D eigenvalue weighted by Gasteiger charge is -2.19. The van der Waals surface area contributed by atoms with Crippen molar-refractivity contribution in [3.05, 3.63) is 64.2 Å². The minimum Gasteiger partial charge on any atom is -0.289 e. The van der Waals surface area contributed by atoms with Gasteiger partial charge in [-0.25, -0.2) is 0 Å². The van der Waals surface area contributed by atoms with E-state index in [0.29, 0.717) is 0 Å². The summed E-state index contributed by atoms with van der Waals surface area (Å²) in [5.41, 5.74) is -0.784. The second kappa shape index (κ2) is 4.59. The highest BCUT2D eigenvalue weighted by Gasteiger charge is 2.36. The Morgan fingerprint density at radius 2 is 1.50 bits per heavy atom. The molecule has 1 aliphatic carbocycles. The molecule has 2 aromatic carbocycles. The first-order valence-electron chi connectivity index (χ1n) is 6.09. The van der Waals surface area contributed by atoms with Crippen LogP contribution in [0, 0.1) is 11.3 Å². The van der Waals surface area contributed by atoms with Crippen molar-refractivity contribution in [1.82, 2.24) is 0 Å². The van der Waals surface area contributed by atoms with Crippen LogP contribution in [0.15, 0.2) is 41.3 Å². The van der Waals surface area contributed by atoms with Crippen LogP contribution in [0.5, 0.6) is 0 Å². The average molecular weight is 313 g/mol. The van der Waals surface area contributed by atoms with Crippen molar-refractivity contribution < 1.29 is 22.6 Å². The smallest absolute Gasteiger partial charge is 0.289 e. The molecular formula is C15H7NO5S. The normalized spacial score (nSPS) is 13.3. The number of benzene rings is 2. The Hall–Kier alpha value is -2.82. The largest absolute Gasteiger partial charge is 0.296 e. The van der Waals surface area contributed by atoms with Crippen LogP contribution in [0.1, 0.15) is 37.4 Å². The van der Waals surface area contributed by atoms with Crippen LogP contribution >= 0.6 is 0 Å². The molecular weight excluding hydrogens is 306 g/mol. The molecule has 0 bridgehead atoms. The fourth-order valence-electron chi connectivity index (χ4n) is 2.51. The SMILES string of the molecule is N#Cc1ccc2c(c1S(=O)(=O)O)C(=O)c1ccccc1C2=O. The molecule has 7 heteroatoms. The number of fused-ring (bicyclic) bond motifs is 2. The van der Waals surface area contributed by atoms with Crippen molar-refractivity contribution in [2.75, 3.05) is 0 Å². The number of ketones is 2. The van der Waals surface area contributed by atoms with Gasteiger partial charge in [-0.1, -0.05) is 24.3 Å². The number of nitrogens with zero attached hydrogens (tertiary/aromatic N) is 1. The summed E-state index contributed by atoms with van der Waals surface area (Å²) in [6.07, 6.45) is 0. The first-order valence-corrected chi connectivity index (χ1v) is 7.53. The van der Waals surface area contributed by atoms with Gasteiger partial charge in [0.05, 0.1) is 11.1 Å². The van der Waals surface area contributed by atoms with Crippen LogP contribution in [-0.2, 0) is 10.1 Å². The van der Waals surface area contributed by atoms with Crippen molar-refractivity contribution in [3.8, 4) is 6.07 Å². The van der Waals surface area contributed by atoms with Crippen molar-refractivity contribution in [3.63, 3.8) is 0 Å². The molecule has 1 aliphatic rings. The predicted octanol–water partition coefficient (Wildman–Crippen LogP) is 1.58. The third kappa shape index (κ3) is 1.86. The molecule has 0 saturated carbocycles. The lowest BCUT2D eigenvalue weighted by molar-refractivity contribution is 0.0976. The quantitative estimate of drug-likeness (QED) is 0.682. The van der Waals surface area contributed by atoms with E-state index in [1.54, 1.807) is 12.1 Å². The third-order valence-corrected chi connectivity index (χ3v) is 4.36. The summed E-state index contributed by atoms with van der Waals surface area (Å²) in [5.74, 6) is -1.24. The van der Waals surface area contributed by atoms with Crippen LogP contribution in [0.25, 0.3) is 0 Å². The topological polar surface area (TPSA) is 112 Å². The average Bonchev–Trinajstić information content (AvgIpc) is 2.50. The highest BCUT2D eigenvalue weighted by molar-refractivity contribution is 7.86. The Kier molecular flexibility index (Phi) is 2.95. The Morgan fingerprint density at radius 1 is 0.909 bits per heavy atom. The van der Waals surface area contributed by atoms with E-state index in [0.717, 1.165) is 6.07 Å². The summed E-state index contributed by atoms with van der Waals surface area (Å²) in [5, 5.41) is 9.01. The van der Waals surface area contributed by atoms with Crippen LogP contribution < -0.4 is 0 Å². The summed E-state index contributed by atoms with van der Waals surface area (Å²) in [7, 11) is -4.84. The molecule has 0 radical (unpaired) electrons. The van der Waals surface area contributed by atoms with Crippen molar-refractivity contribution in [1.29, 1.82) is 5.26 Å². The Balaban J connectivity index is 2.47. The second-order valence-electron chi connectivity index (χ2n) is 4.66. The third-order valence-electron chi connectivity index (χ3n) is 3.42. The van der Waals surface area contributed by atoms with E-state index in [-0.39, 0.29) is 22.3 Å². The first-order chi connectivity index (χ1) is 10.4. The molecule has 0 aliphatic heterocycles. The number of carbonyl (C=O) groups is 2. The van der Waals surface area contributed by atoms with Gasteiger partial charge in [0.2, 0.25) is 0 Å². The molecule has 2 aromatic rings. The van der Waals surface area contributed by atoms with Gasteiger partial charge in [-0.05, 0) is 12.1 Å². The zero-order valence-electron chi connectivity index (χ0n) is 10.9. The Morgan fingerprint density at radius 3 is 2.05 bits per heavy atom. The van der Waals surface area contributed by atoms with E-state index >= 15 is 0 Å². The second-order valence-corrected chi connectivity index (χ2v) is 6.01. The first kappa shape index (κ1) is 14.1. The molecule has 6 nitrogen and oxygen atoms in total. The van der Waals surface area contributed by atoms with Gasteiger partial charge in [-0.15, -0.1) is 0 Å². The number of hydrogen-bond acceptors (Lipinski definition) is 5. The maximum absolute atomic E-state index is 12.6. The predicted molar refractivity (Wildman–Crippen MR) is 74.3 cm³/mol. The maximum Gasteiger partial charge on any atom is 0.296 e. The van der Waals surface area contributed by atoms with Gasteiger partial charge in [0.25, 0.3) is 10.1 Å². The number of rotatable bonds is 1. The number of carbonyl (C=O) groups excluding carboxylic acids is 2. The molecule has 0 heterocycles. The zero-order valence-corrected chi connectivity index (χ0v) is 11.7. The Labute approximate surface area is 125 Å². The number of hydrogen-bond donors (Lipinski definition) is 1. The summed E-state index contributed by atoms with van der Waals surface area (Å²) >= 11 is 0. The lowest BCUT2D eigenvalue weighted by atomic mass is 9.83. The standard InChI is InChI=1S/C15H7NO5S/c16-7-8-5-6-11-12(15(8)22(19,20)21)14(18)10-4-2-1-3-9(10)13(11)17/h1-6H,(H,19,20,21). The minimum atomic E-state index is -4.84. The number of nitriles is 1. The van der Waals surface area contributed by atoms with Gasteiger partial charge < -0.3 is 0 Å². The van der Waals surface area contributed by atoms with E-state index in [2.05, 4.69) is 0 Å². The van der Waals surface area contributed by atoms with Gasteiger partial charge in [0, 0.05) is 16.7 Å². The zero-order chi connectivity index (χ0) is 16.1. The fraction of sp³-hybridized carbons (Fsp3) is 0. The van der Waals surface area contributed by atoms with E-state index in [4.69, 9.17) is 5.26 Å². The molecule has 3 rings (SSSR count). The summed E-state index contributed by atoms with van der Waals surface area (Å²) in [4.78, 5) is 24.2. The summed E-state index contributed by atoms with van der Waals surface area (Å²) in [6, 6.07) is 9.91. The molecule has 0 unspecified atom stereocenters. The van der Waals surface area contributed by atoms with Crippen LogP contribution in [0.4, 0.5) is 0 Å². The molecule has 0 spiro atoms. The molecule has 22 heavy (non-hydrogen) atoms. The van der Waals surface area contributed by atoms with E-state index < -0.39 is 32.1 Å². The molecule has 1 N–H and O–H groups in total. The van der Waals surface area contributed by atoms with Gasteiger partial charge in [-0.2, -0.15) is 13.7 Å². The van der Waals surface area contributed by atoms with Crippen LogP contribution in [-0.4, -0.2) is 24.5 Å². The van der Waals surface area contributed by atoms with Gasteiger partial charge in [-0.3, -0.25) is 14.1 Å². The fourth-order valence-corrected chi connectivity index (χ4v) is 3.36. The lowest BCUT2D eigenvalue weighted by Crippen LogP contribution is -2.24. The van der Waals surface area contributed by atoms with E-state index in [9.17, 15) is 22.6 Å². The highest BCUT2D eigenvalue weighted by atomic mass is 32.2. The van der Waals surface area contributed by atoms with E-state index in [1.165, 1.54) is 24.3 Å². The summed E-state index contributed by atoms with van der Waals surface area (Å²) < 4.78 is 32.5. The molecule has 108 valence electrons. The van der Waals surface area contributed by atoms with Gasteiger partial charge in [0.1, 0.15) is 11.0 Å². The van der Waals surface area contributed by atoms with Gasteiger partial charge >= 0.3 is 0 Å². The molecule has 0 aromatic heterocycles. The maximum atomic E-state index is 12.6. The Bertz CT molecular complexity index is 999. The van der Waals surface area contributed by atoms with Crippen molar-refractivity contribution >= 4 is 21.7 Å². The van der Waals surface area contributed by atoms with Crippen LogP contribution in [0.2, 0.25) is 0 Å². The molecule has 0 atom stereocenters. The minimum absolute atomic E-state index is 0.0417. The van der Waals surface area contributed by atoms with Crippen molar-refractivity contribution in [2.24, 2.45) is 0 Å². The van der Waals surface area contributed by atoms with Gasteiger partial charge in [0.15, 0.2) is 11.6 Å². The van der Waals surface area contributed by atoms with Crippen LogP contribution in [0.3, 0.4) is 0 Å². The van der Waals surface area contributed by atoms with Crippen molar-refractivity contribution in [2.45, 2.75) is 4.90 Å². The monoisotopic (exact) mass is 313 g/mol. The van der Waals surface area contributed by atoms with E-state index in [1.807, 2.05) is 0 Å². The highest BCUT2D eigenvalue weighted by Crippen LogP contribution is 2.33.